The van der Waals surface area contributed by atoms with Gasteiger partial charge in [-0.25, -0.2) is 4.98 Å². The lowest BCUT2D eigenvalue weighted by molar-refractivity contribution is 0.247. The summed E-state index contributed by atoms with van der Waals surface area (Å²) >= 11 is 6.02. The van der Waals surface area contributed by atoms with Crippen molar-refractivity contribution in [2.75, 3.05) is 31.1 Å². The minimum absolute atomic E-state index is 0.769. The van der Waals surface area contributed by atoms with Gasteiger partial charge in [0.1, 0.15) is 5.82 Å². The van der Waals surface area contributed by atoms with Crippen molar-refractivity contribution in [3.8, 4) is 0 Å². The Hall–Kier alpha value is -1.32. The molecule has 20 heavy (non-hydrogen) atoms. The van der Waals surface area contributed by atoms with Crippen LogP contribution in [0.3, 0.4) is 0 Å². The first kappa shape index (κ1) is 12.4. The zero-order valence-electron chi connectivity index (χ0n) is 11.4. The summed E-state index contributed by atoms with van der Waals surface area (Å²) in [5, 5.41) is 1.88. The second-order valence-electron chi connectivity index (χ2n) is 5.76. The molecule has 4 rings (SSSR count). The number of nitrogens with zero attached hydrogens (tertiary/aromatic N) is 3. The summed E-state index contributed by atoms with van der Waals surface area (Å²) in [5.41, 5.74) is 1.02. The molecule has 0 unspecified atom stereocenters. The summed E-state index contributed by atoms with van der Waals surface area (Å²) in [6.07, 6.45) is 2.80. The Bertz CT molecular complexity index is 631. The second-order valence-corrected chi connectivity index (χ2v) is 6.20. The molecule has 2 heterocycles. The smallest absolute Gasteiger partial charge is 0.129 e. The highest BCUT2D eigenvalue weighted by Crippen LogP contribution is 2.28. The van der Waals surface area contributed by atoms with Crippen LogP contribution < -0.4 is 4.90 Å². The molecule has 1 aromatic heterocycles. The molecule has 1 saturated heterocycles. The van der Waals surface area contributed by atoms with E-state index in [1.165, 1.54) is 25.9 Å². The van der Waals surface area contributed by atoms with Gasteiger partial charge in [-0.15, -0.1) is 0 Å². The largest absolute Gasteiger partial charge is 0.354 e. The molecule has 0 N–H and O–H groups in total. The monoisotopic (exact) mass is 287 g/mol. The third-order valence-electron chi connectivity index (χ3n) is 4.34. The van der Waals surface area contributed by atoms with Crippen molar-refractivity contribution in [1.82, 2.24) is 9.88 Å². The summed E-state index contributed by atoms with van der Waals surface area (Å²) in [7, 11) is 0. The minimum atomic E-state index is 0.769. The van der Waals surface area contributed by atoms with Gasteiger partial charge in [0.25, 0.3) is 0 Å². The van der Waals surface area contributed by atoms with Gasteiger partial charge in [-0.1, -0.05) is 11.6 Å². The molecule has 0 amide bonds. The van der Waals surface area contributed by atoms with E-state index in [0.717, 1.165) is 40.9 Å². The van der Waals surface area contributed by atoms with Crippen molar-refractivity contribution in [2.24, 2.45) is 0 Å². The van der Waals surface area contributed by atoms with Gasteiger partial charge in [-0.3, -0.25) is 4.90 Å². The zero-order chi connectivity index (χ0) is 13.5. The number of piperazine rings is 1. The van der Waals surface area contributed by atoms with Gasteiger partial charge in [-0.2, -0.15) is 0 Å². The quantitative estimate of drug-likeness (QED) is 0.846. The number of benzene rings is 1. The Kier molecular flexibility index (Phi) is 3.04. The van der Waals surface area contributed by atoms with E-state index in [4.69, 9.17) is 16.6 Å². The lowest BCUT2D eigenvalue weighted by Crippen LogP contribution is -2.47. The number of halogens is 1. The van der Waals surface area contributed by atoms with E-state index in [0.29, 0.717) is 0 Å². The molecule has 0 radical (unpaired) electrons. The first-order valence-electron chi connectivity index (χ1n) is 7.35. The molecule has 2 aromatic rings. The SMILES string of the molecule is Clc1ccc2nc(N3CCN(C4CC4)CC3)ccc2c1. The van der Waals surface area contributed by atoms with Gasteiger partial charge >= 0.3 is 0 Å². The van der Waals surface area contributed by atoms with Gasteiger partial charge in [0, 0.05) is 42.6 Å². The molecule has 1 aliphatic heterocycles. The molecule has 3 nitrogen and oxygen atoms in total. The first-order valence-corrected chi connectivity index (χ1v) is 7.73. The zero-order valence-corrected chi connectivity index (χ0v) is 12.2. The lowest BCUT2D eigenvalue weighted by atomic mass is 10.2. The fourth-order valence-electron chi connectivity index (χ4n) is 3.02. The standard InChI is InChI=1S/C16H18ClN3/c17-13-2-5-15-12(11-13)1-6-16(18-15)20-9-7-19(8-10-20)14-3-4-14/h1-2,5-6,11,14H,3-4,7-10H2. The van der Waals surface area contributed by atoms with Crippen LogP contribution in [-0.2, 0) is 0 Å². The van der Waals surface area contributed by atoms with Crippen LogP contribution >= 0.6 is 11.6 Å². The van der Waals surface area contributed by atoms with Crippen molar-refractivity contribution in [2.45, 2.75) is 18.9 Å². The third-order valence-corrected chi connectivity index (χ3v) is 4.57. The van der Waals surface area contributed by atoms with Crippen molar-refractivity contribution < 1.29 is 0 Å². The van der Waals surface area contributed by atoms with Crippen LogP contribution in [0.2, 0.25) is 5.02 Å². The molecule has 0 atom stereocenters. The van der Waals surface area contributed by atoms with Gasteiger partial charge in [0.05, 0.1) is 5.52 Å². The number of aromatic nitrogens is 1. The normalized spacial score (nSPS) is 20.6. The highest BCUT2D eigenvalue weighted by molar-refractivity contribution is 6.31. The second kappa shape index (κ2) is 4.90. The molecule has 2 aliphatic rings. The number of rotatable bonds is 2. The van der Waals surface area contributed by atoms with E-state index in [9.17, 15) is 0 Å². The number of pyridine rings is 1. The van der Waals surface area contributed by atoms with Crippen LogP contribution in [0.1, 0.15) is 12.8 Å². The minimum Gasteiger partial charge on any atom is -0.354 e. The van der Waals surface area contributed by atoms with Crippen LogP contribution in [-0.4, -0.2) is 42.1 Å². The summed E-state index contributed by atoms with van der Waals surface area (Å²) in [5.74, 6) is 1.09. The van der Waals surface area contributed by atoms with Gasteiger partial charge in [0.2, 0.25) is 0 Å². The first-order chi connectivity index (χ1) is 9.79. The van der Waals surface area contributed by atoms with E-state index >= 15 is 0 Å². The molecule has 1 aromatic carbocycles. The number of hydrogen-bond acceptors (Lipinski definition) is 3. The van der Waals surface area contributed by atoms with Crippen LogP contribution in [0.25, 0.3) is 10.9 Å². The molecular formula is C16H18ClN3. The maximum atomic E-state index is 6.02. The van der Waals surface area contributed by atoms with E-state index in [1.807, 2.05) is 18.2 Å². The van der Waals surface area contributed by atoms with E-state index in [2.05, 4.69) is 21.9 Å². The van der Waals surface area contributed by atoms with Crippen LogP contribution in [0, 0.1) is 0 Å². The van der Waals surface area contributed by atoms with Gasteiger partial charge in [-0.05, 0) is 43.2 Å². The van der Waals surface area contributed by atoms with Crippen molar-refractivity contribution >= 4 is 28.3 Å². The van der Waals surface area contributed by atoms with Crippen LogP contribution in [0.5, 0.6) is 0 Å². The Morgan fingerprint density at radius 1 is 1.00 bits per heavy atom. The predicted molar refractivity (Wildman–Crippen MR) is 83.6 cm³/mol. The Morgan fingerprint density at radius 2 is 1.80 bits per heavy atom. The Balaban J connectivity index is 1.54. The predicted octanol–water partition coefficient (Wildman–Crippen LogP) is 3.17. The topological polar surface area (TPSA) is 19.4 Å². The van der Waals surface area contributed by atoms with E-state index < -0.39 is 0 Å². The molecule has 0 spiro atoms. The fourth-order valence-corrected chi connectivity index (χ4v) is 3.20. The van der Waals surface area contributed by atoms with Crippen molar-refractivity contribution in [1.29, 1.82) is 0 Å². The van der Waals surface area contributed by atoms with Gasteiger partial charge in [0.15, 0.2) is 0 Å². The summed E-state index contributed by atoms with van der Waals surface area (Å²) in [6.45, 7) is 4.52. The van der Waals surface area contributed by atoms with E-state index in [-0.39, 0.29) is 0 Å². The summed E-state index contributed by atoms with van der Waals surface area (Å²) in [4.78, 5) is 9.79. The highest BCUT2D eigenvalue weighted by Gasteiger charge is 2.31. The number of fused-ring (bicyclic) bond motifs is 1. The summed E-state index contributed by atoms with van der Waals surface area (Å²) in [6, 6.07) is 11.0. The van der Waals surface area contributed by atoms with Crippen molar-refractivity contribution in [3.05, 3.63) is 35.4 Å². The van der Waals surface area contributed by atoms with Gasteiger partial charge < -0.3 is 4.90 Å². The number of anilines is 1. The molecule has 1 aliphatic carbocycles. The summed E-state index contributed by atoms with van der Waals surface area (Å²) < 4.78 is 0. The average molecular weight is 288 g/mol. The highest BCUT2D eigenvalue weighted by atomic mass is 35.5. The maximum absolute atomic E-state index is 6.02. The molecule has 4 heteroatoms. The number of hydrogen-bond donors (Lipinski definition) is 0. The lowest BCUT2D eigenvalue weighted by Gasteiger charge is -2.35. The molecular weight excluding hydrogens is 270 g/mol. The molecule has 2 fully saturated rings. The fraction of sp³-hybridized carbons (Fsp3) is 0.438. The maximum Gasteiger partial charge on any atom is 0.129 e. The van der Waals surface area contributed by atoms with Crippen molar-refractivity contribution in [3.63, 3.8) is 0 Å². The molecule has 104 valence electrons. The Labute approximate surface area is 124 Å². The average Bonchev–Trinajstić information content (AvgIpc) is 3.32. The van der Waals surface area contributed by atoms with Crippen LogP contribution in [0.15, 0.2) is 30.3 Å². The van der Waals surface area contributed by atoms with Crippen LogP contribution in [0.4, 0.5) is 5.82 Å². The van der Waals surface area contributed by atoms with E-state index in [1.54, 1.807) is 0 Å². The third kappa shape index (κ3) is 2.36. The molecule has 0 bridgehead atoms. The molecule has 1 saturated carbocycles. The Morgan fingerprint density at radius 3 is 2.55 bits per heavy atom.